The molecule has 2 aromatic rings. The van der Waals surface area contributed by atoms with Crippen molar-refractivity contribution in [2.24, 2.45) is 0 Å². The molecule has 1 aromatic heterocycles. The number of hydrogen-bond acceptors (Lipinski definition) is 1. The van der Waals surface area contributed by atoms with E-state index in [0.29, 0.717) is 5.69 Å². The lowest BCUT2D eigenvalue weighted by atomic mass is 10.1. The van der Waals surface area contributed by atoms with Crippen molar-refractivity contribution >= 4 is 21.8 Å². The Kier molecular flexibility index (Phi) is 5.01. The van der Waals surface area contributed by atoms with Crippen molar-refractivity contribution in [3.05, 3.63) is 58.3 Å². The molecule has 0 aliphatic heterocycles. The molecule has 0 aliphatic carbocycles. The molecule has 2 rings (SSSR count). The Labute approximate surface area is 128 Å². The highest BCUT2D eigenvalue weighted by molar-refractivity contribution is 9.10. The highest BCUT2D eigenvalue weighted by Crippen LogP contribution is 2.18. The first-order valence-corrected chi connectivity index (χ1v) is 7.62. The molecule has 3 nitrogen and oxygen atoms in total. The number of benzene rings is 1. The topological polar surface area (TPSA) is 34.0 Å². The maximum absolute atomic E-state index is 12.3. The van der Waals surface area contributed by atoms with Crippen molar-refractivity contribution in [1.82, 2.24) is 9.88 Å². The molecule has 106 valence electrons. The monoisotopic (exact) mass is 334 g/mol. The Bertz CT molecular complexity index is 592. The van der Waals surface area contributed by atoms with Gasteiger partial charge in [-0.1, -0.05) is 35.0 Å². The number of nitrogens with one attached hydrogen (secondary N) is 1. The van der Waals surface area contributed by atoms with E-state index in [2.05, 4.69) is 28.2 Å². The maximum atomic E-state index is 12.3. The molecule has 0 saturated heterocycles. The smallest absolute Gasteiger partial charge is 0.268 e. The van der Waals surface area contributed by atoms with E-state index in [1.54, 1.807) is 0 Å². The lowest BCUT2D eigenvalue weighted by Crippen LogP contribution is -2.28. The summed E-state index contributed by atoms with van der Waals surface area (Å²) in [6.45, 7) is 4.96. The second-order valence-corrected chi connectivity index (χ2v) is 5.75. The van der Waals surface area contributed by atoms with Gasteiger partial charge in [-0.2, -0.15) is 0 Å². The Morgan fingerprint density at radius 1 is 1.35 bits per heavy atom. The van der Waals surface area contributed by atoms with Gasteiger partial charge in [-0.3, -0.25) is 4.79 Å². The van der Waals surface area contributed by atoms with E-state index in [0.717, 1.165) is 23.0 Å². The first-order chi connectivity index (χ1) is 9.61. The zero-order valence-electron chi connectivity index (χ0n) is 11.8. The Hall–Kier alpha value is -1.55. The molecule has 1 heterocycles. The molecule has 1 N–H and O–H groups in total. The summed E-state index contributed by atoms with van der Waals surface area (Å²) in [5.41, 5.74) is 1.80. The van der Waals surface area contributed by atoms with Crippen LogP contribution in [-0.2, 0) is 6.54 Å². The largest absolute Gasteiger partial charge is 0.344 e. The Morgan fingerprint density at radius 3 is 2.85 bits per heavy atom. The van der Waals surface area contributed by atoms with E-state index in [1.807, 2.05) is 54.1 Å². The minimum Gasteiger partial charge on any atom is -0.344 e. The zero-order chi connectivity index (χ0) is 14.5. The van der Waals surface area contributed by atoms with E-state index in [-0.39, 0.29) is 11.9 Å². The number of nitrogens with zero attached hydrogens (tertiary/aromatic N) is 1. The quantitative estimate of drug-likeness (QED) is 0.875. The van der Waals surface area contributed by atoms with Gasteiger partial charge >= 0.3 is 0 Å². The summed E-state index contributed by atoms with van der Waals surface area (Å²) in [6.07, 6.45) is 2.96. The van der Waals surface area contributed by atoms with Gasteiger partial charge < -0.3 is 9.88 Å². The number of aryl methyl sites for hydroxylation is 1. The standard InChI is InChI=1S/C16H19BrN2O/c1-3-9-19-10-5-8-15(19)16(20)18-12(2)13-6-4-7-14(17)11-13/h4-8,10-12H,3,9H2,1-2H3,(H,18,20). The van der Waals surface area contributed by atoms with Gasteiger partial charge in [-0.25, -0.2) is 0 Å². The summed E-state index contributed by atoms with van der Waals surface area (Å²) in [7, 11) is 0. The van der Waals surface area contributed by atoms with Gasteiger partial charge in [0, 0.05) is 17.2 Å². The molecule has 0 spiro atoms. The van der Waals surface area contributed by atoms with Crippen LogP contribution in [0.25, 0.3) is 0 Å². The third kappa shape index (κ3) is 3.51. The molecular formula is C16H19BrN2O. The second-order valence-electron chi connectivity index (χ2n) is 4.84. The normalized spacial score (nSPS) is 12.2. The van der Waals surface area contributed by atoms with Crippen LogP contribution in [0.5, 0.6) is 0 Å². The summed E-state index contributed by atoms with van der Waals surface area (Å²) in [4.78, 5) is 12.3. The molecule has 1 atom stereocenters. The molecule has 0 aliphatic rings. The fourth-order valence-corrected chi connectivity index (χ4v) is 2.60. The van der Waals surface area contributed by atoms with Crippen LogP contribution in [0.1, 0.15) is 42.4 Å². The number of carbonyl (C=O) groups is 1. The van der Waals surface area contributed by atoms with E-state index < -0.39 is 0 Å². The molecule has 1 amide bonds. The van der Waals surface area contributed by atoms with Crippen molar-refractivity contribution in [2.75, 3.05) is 0 Å². The van der Waals surface area contributed by atoms with Gasteiger partial charge in [0.05, 0.1) is 6.04 Å². The summed E-state index contributed by atoms with van der Waals surface area (Å²) >= 11 is 3.45. The summed E-state index contributed by atoms with van der Waals surface area (Å²) in [6, 6.07) is 11.7. The van der Waals surface area contributed by atoms with Crippen molar-refractivity contribution in [1.29, 1.82) is 0 Å². The third-order valence-electron chi connectivity index (χ3n) is 3.22. The highest BCUT2D eigenvalue weighted by atomic mass is 79.9. The maximum Gasteiger partial charge on any atom is 0.268 e. The second kappa shape index (κ2) is 6.75. The zero-order valence-corrected chi connectivity index (χ0v) is 13.4. The van der Waals surface area contributed by atoms with E-state index in [4.69, 9.17) is 0 Å². The number of amides is 1. The molecule has 0 saturated carbocycles. The molecule has 1 unspecified atom stereocenters. The first kappa shape index (κ1) is 14.9. The fourth-order valence-electron chi connectivity index (χ4n) is 2.19. The summed E-state index contributed by atoms with van der Waals surface area (Å²) < 4.78 is 3.01. The van der Waals surface area contributed by atoms with Crippen LogP contribution in [0.15, 0.2) is 47.1 Å². The average molecular weight is 335 g/mol. The van der Waals surface area contributed by atoms with Crippen LogP contribution in [0.3, 0.4) is 0 Å². The fraction of sp³-hybridized carbons (Fsp3) is 0.312. The van der Waals surface area contributed by atoms with Crippen molar-refractivity contribution in [2.45, 2.75) is 32.9 Å². The van der Waals surface area contributed by atoms with Crippen LogP contribution < -0.4 is 5.32 Å². The predicted octanol–water partition coefficient (Wildman–Crippen LogP) is 4.15. The Morgan fingerprint density at radius 2 is 2.15 bits per heavy atom. The van der Waals surface area contributed by atoms with E-state index in [1.165, 1.54) is 0 Å². The molecule has 20 heavy (non-hydrogen) atoms. The van der Waals surface area contributed by atoms with Gasteiger partial charge in [0.15, 0.2) is 0 Å². The van der Waals surface area contributed by atoms with Crippen LogP contribution >= 0.6 is 15.9 Å². The first-order valence-electron chi connectivity index (χ1n) is 6.83. The van der Waals surface area contributed by atoms with Gasteiger partial charge in [0.25, 0.3) is 5.91 Å². The minimum atomic E-state index is -0.0316. The van der Waals surface area contributed by atoms with Crippen molar-refractivity contribution in [3.63, 3.8) is 0 Å². The lowest BCUT2D eigenvalue weighted by molar-refractivity contribution is 0.0930. The number of carbonyl (C=O) groups excluding carboxylic acids is 1. The third-order valence-corrected chi connectivity index (χ3v) is 3.72. The average Bonchev–Trinajstić information content (AvgIpc) is 2.87. The minimum absolute atomic E-state index is 0.0232. The highest BCUT2D eigenvalue weighted by Gasteiger charge is 2.14. The molecule has 1 aromatic carbocycles. The molecule has 4 heteroatoms. The van der Waals surface area contributed by atoms with Crippen molar-refractivity contribution in [3.8, 4) is 0 Å². The van der Waals surface area contributed by atoms with Crippen LogP contribution in [0.2, 0.25) is 0 Å². The van der Waals surface area contributed by atoms with Gasteiger partial charge in [0.1, 0.15) is 5.69 Å². The molecule has 0 bridgehead atoms. The summed E-state index contributed by atoms with van der Waals surface area (Å²) in [5, 5.41) is 3.04. The van der Waals surface area contributed by atoms with E-state index >= 15 is 0 Å². The Balaban J connectivity index is 2.09. The summed E-state index contributed by atoms with van der Waals surface area (Å²) in [5.74, 6) is -0.0316. The van der Waals surface area contributed by atoms with Gasteiger partial charge in [0.2, 0.25) is 0 Å². The van der Waals surface area contributed by atoms with Crippen LogP contribution in [0, 0.1) is 0 Å². The SMILES string of the molecule is CCCn1cccc1C(=O)NC(C)c1cccc(Br)c1. The predicted molar refractivity (Wildman–Crippen MR) is 84.7 cm³/mol. The number of rotatable bonds is 5. The van der Waals surface area contributed by atoms with Crippen LogP contribution in [0.4, 0.5) is 0 Å². The molecule has 0 radical (unpaired) electrons. The van der Waals surface area contributed by atoms with Gasteiger partial charge in [-0.15, -0.1) is 0 Å². The number of aromatic nitrogens is 1. The number of hydrogen-bond donors (Lipinski definition) is 1. The van der Waals surface area contributed by atoms with E-state index in [9.17, 15) is 4.79 Å². The van der Waals surface area contributed by atoms with Crippen LogP contribution in [-0.4, -0.2) is 10.5 Å². The number of halogens is 1. The van der Waals surface area contributed by atoms with Gasteiger partial charge in [-0.05, 0) is 43.2 Å². The lowest BCUT2D eigenvalue weighted by Gasteiger charge is -2.15. The molecular weight excluding hydrogens is 316 g/mol. The van der Waals surface area contributed by atoms with Crippen molar-refractivity contribution < 1.29 is 4.79 Å². The molecule has 0 fully saturated rings.